The van der Waals surface area contributed by atoms with Gasteiger partial charge in [-0.1, -0.05) is 0 Å². The molecule has 0 bridgehead atoms. The number of hydrogen-bond acceptors (Lipinski definition) is 4. The molecule has 0 saturated carbocycles. The Labute approximate surface area is 74.0 Å². The number of benzene rings is 1. The van der Waals surface area contributed by atoms with Gasteiger partial charge in [-0.05, 0) is 0 Å². The van der Waals surface area contributed by atoms with Crippen LogP contribution in [0, 0.1) is 17.1 Å². The predicted octanol–water partition coefficient (Wildman–Crippen LogP) is 0.994. The highest BCUT2D eigenvalue weighted by molar-refractivity contribution is 5.63. The SMILES string of the molecule is COc1cc(C#N)c(N)c(F)c1O. The van der Waals surface area contributed by atoms with E-state index in [1.54, 1.807) is 6.07 Å². The molecule has 13 heavy (non-hydrogen) atoms. The zero-order chi connectivity index (χ0) is 10.0. The minimum atomic E-state index is -1.03. The van der Waals surface area contributed by atoms with E-state index in [9.17, 15) is 4.39 Å². The number of nitrogens with zero attached hydrogens (tertiary/aromatic N) is 1. The van der Waals surface area contributed by atoms with Gasteiger partial charge in [-0.25, -0.2) is 4.39 Å². The number of ether oxygens (including phenoxy) is 1. The van der Waals surface area contributed by atoms with Gasteiger partial charge in [0, 0.05) is 6.07 Å². The Kier molecular flexibility index (Phi) is 2.24. The van der Waals surface area contributed by atoms with E-state index in [-0.39, 0.29) is 17.0 Å². The van der Waals surface area contributed by atoms with Gasteiger partial charge in [0.05, 0.1) is 18.4 Å². The molecule has 0 radical (unpaired) electrons. The molecule has 0 aliphatic heterocycles. The van der Waals surface area contributed by atoms with E-state index in [1.165, 1.54) is 13.2 Å². The topological polar surface area (TPSA) is 79.3 Å². The molecule has 0 heterocycles. The second-order valence-corrected chi connectivity index (χ2v) is 2.31. The van der Waals surface area contributed by atoms with Crippen LogP contribution in [0.2, 0.25) is 0 Å². The first-order valence-corrected chi connectivity index (χ1v) is 3.36. The summed E-state index contributed by atoms with van der Waals surface area (Å²) in [6.45, 7) is 0. The Morgan fingerprint density at radius 1 is 1.69 bits per heavy atom. The van der Waals surface area contributed by atoms with Crippen LogP contribution >= 0.6 is 0 Å². The summed E-state index contributed by atoms with van der Waals surface area (Å²) in [5.74, 6) is -1.82. The molecule has 1 aromatic rings. The van der Waals surface area contributed by atoms with Gasteiger partial charge < -0.3 is 15.6 Å². The lowest BCUT2D eigenvalue weighted by molar-refractivity contribution is 0.358. The molecule has 4 nitrogen and oxygen atoms in total. The molecule has 0 aliphatic rings. The third-order valence-corrected chi connectivity index (χ3v) is 1.58. The number of nitrogens with two attached hydrogens (primary N) is 1. The molecule has 68 valence electrons. The van der Waals surface area contributed by atoms with E-state index in [0.717, 1.165) is 0 Å². The van der Waals surface area contributed by atoms with E-state index in [4.69, 9.17) is 16.1 Å². The second-order valence-electron chi connectivity index (χ2n) is 2.31. The number of hydrogen-bond donors (Lipinski definition) is 2. The highest BCUT2D eigenvalue weighted by Crippen LogP contribution is 2.34. The number of methoxy groups -OCH3 is 1. The largest absolute Gasteiger partial charge is 0.502 e. The Morgan fingerprint density at radius 2 is 2.31 bits per heavy atom. The molecule has 0 unspecified atom stereocenters. The fourth-order valence-electron chi connectivity index (χ4n) is 0.879. The first-order chi connectivity index (χ1) is 6.11. The lowest BCUT2D eigenvalue weighted by Crippen LogP contribution is -1.97. The van der Waals surface area contributed by atoms with Crippen LogP contribution in [0.3, 0.4) is 0 Å². The lowest BCUT2D eigenvalue weighted by Gasteiger charge is -2.06. The van der Waals surface area contributed by atoms with Crippen molar-refractivity contribution in [1.82, 2.24) is 0 Å². The van der Waals surface area contributed by atoms with E-state index in [2.05, 4.69) is 4.74 Å². The molecule has 0 fully saturated rings. The van der Waals surface area contributed by atoms with Crippen molar-refractivity contribution < 1.29 is 14.2 Å². The average Bonchev–Trinajstić information content (AvgIpc) is 2.15. The van der Waals surface area contributed by atoms with Crippen LogP contribution in [0.25, 0.3) is 0 Å². The van der Waals surface area contributed by atoms with Crippen LogP contribution in [-0.2, 0) is 0 Å². The highest BCUT2D eigenvalue weighted by Gasteiger charge is 2.15. The standard InChI is InChI=1S/C8H7FN2O2/c1-13-5-2-4(3-10)7(11)6(9)8(5)12/h2,12H,11H2,1H3. The fraction of sp³-hybridized carbons (Fsp3) is 0.125. The van der Waals surface area contributed by atoms with E-state index in [1.807, 2.05) is 0 Å². The third kappa shape index (κ3) is 1.34. The minimum absolute atomic E-state index is 0.0628. The summed E-state index contributed by atoms with van der Waals surface area (Å²) in [6, 6.07) is 2.86. The molecule has 0 saturated heterocycles. The smallest absolute Gasteiger partial charge is 0.196 e. The summed E-state index contributed by atoms with van der Waals surface area (Å²) in [6.07, 6.45) is 0. The van der Waals surface area contributed by atoms with Gasteiger partial charge in [0.25, 0.3) is 0 Å². The first kappa shape index (κ1) is 9.13. The number of halogens is 1. The van der Waals surface area contributed by atoms with E-state index >= 15 is 0 Å². The van der Waals surface area contributed by atoms with Crippen LogP contribution in [-0.4, -0.2) is 12.2 Å². The van der Waals surface area contributed by atoms with Crippen molar-refractivity contribution >= 4 is 5.69 Å². The van der Waals surface area contributed by atoms with Crippen LogP contribution in [0.4, 0.5) is 10.1 Å². The maximum absolute atomic E-state index is 13.0. The van der Waals surface area contributed by atoms with Gasteiger partial charge in [0.1, 0.15) is 6.07 Å². The molecule has 0 atom stereocenters. The van der Waals surface area contributed by atoms with Crippen LogP contribution in [0.5, 0.6) is 11.5 Å². The maximum atomic E-state index is 13.0. The number of nitrogen functional groups attached to an aromatic ring is 1. The molecule has 0 aromatic heterocycles. The third-order valence-electron chi connectivity index (χ3n) is 1.58. The van der Waals surface area contributed by atoms with Gasteiger partial charge in [0.15, 0.2) is 17.3 Å². The summed E-state index contributed by atoms with van der Waals surface area (Å²) in [5, 5.41) is 17.6. The Balaban J connectivity index is 3.48. The average molecular weight is 182 g/mol. The minimum Gasteiger partial charge on any atom is -0.502 e. The van der Waals surface area contributed by atoms with E-state index in [0.29, 0.717) is 0 Å². The lowest BCUT2D eigenvalue weighted by atomic mass is 10.1. The fourth-order valence-corrected chi connectivity index (χ4v) is 0.879. The van der Waals surface area contributed by atoms with E-state index < -0.39 is 11.6 Å². The van der Waals surface area contributed by atoms with Crippen molar-refractivity contribution in [3.8, 4) is 17.6 Å². The summed E-state index contributed by atoms with van der Waals surface area (Å²) < 4.78 is 17.6. The normalized spacial score (nSPS) is 9.31. The number of aromatic hydroxyl groups is 1. The molecule has 0 aliphatic carbocycles. The molecule has 5 heteroatoms. The van der Waals surface area contributed by atoms with Crippen LogP contribution in [0.15, 0.2) is 6.07 Å². The number of rotatable bonds is 1. The molecular weight excluding hydrogens is 175 g/mol. The monoisotopic (exact) mass is 182 g/mol. The van der Waals surface area contributed by atoms with Crippen molar-refractivity contribution in [3.63, 3.8) is 0 Å². The van der Waals surface area contributed by atoms with Gasteiger partial charge in [-0.2, -0.15) is 5.26 Å². The van der Waals surface area contributed by atoms with Gasteiger partial charge in [-0.15, -0.1) is 0 Å². The predicted molar refractivity (Wildman–Crippen MR) is 43.7 cm³/mol. The Hall–Kier alpha value is -1.96. The second kappa shape index (κ2) is 3.19. The highest BCUT2D eigenvalue weighted by atomic mass is 19.1. The van der Waals surface area contributed by atoms with Crippen molar-refractivity contribution in [1.29, 1.82) is 5.26 Å². The van der Waals surface area contributed by atoms with Crippen molar-refractivity contribution in [2.24, 2.45) is 0 Å². The number of nitriles is 1. The molecule has 0 spiro atoms. The zero-order valence-electron chi connectivity index (χ0n) is 6.84. The molecule has 3 N–H and O–H groups in total. The van der Waals surface area contributed by atoms with Crippen LogP contribution < -0.4 is 10.5 Å². The summed E-state index contributed by atoms with van der Waals surface area (Å²) in [7, 11) is 1.26. The Bertz CT molecular complexity index is 385. The summed E-state index contributed by atoms with van der Waals surface area (Å²) in [5.41, 5.74) is 4.77. The Morgan fingerprint density at radius 3 is 2.77 bits per heavy atom. The first-order valence-electron chi connectivity index (χ1n) is 3.36. The van der Waals surface area contributed by atoms with Gasteiger partial charge in [-0.3, -0.25) is 0 Å². The number of anilines is 1. The summed E-state index contributed by atoms with van der Waals surface area (Å²) in [4.78, 5) is 0. The van der Waals surface area contributed by atoms with Crippen LogP contribution in [0.1, 0.15) is 5.56 Å². The van der Waals surface area contributed by atoms with Gasteiger partial charge in [0.2, 0.25) is 0 Å². The zero-order valence-corrected chi connectivity index (χ0v) is 6.84. The van der Waals surface area contributed by atoms with Gasteiger partial charge >= 0.3 is 0 Å². The van der Waals surface area contributed by atoms with Crippen molar-refractivity contribution in [3.05, 3.63) is 17.4 Å². The number of phenolic OH excluding ortho intramolecular Hbond substituents is 1. The molecule has 1 rings (SSSR count). The molecule has 0 amide bonds. The number of phenols is 1. The summed E-state index contributed by atoms with van der Waals surface area (Å²) >= 11 is 0. The quantitative estimate of drug-likeness (QED) is 0.635. The molecule has 1 aromatic carbocycles. The maximum Gasteiger partial charge on any atom is 0.196 e. The van der Waals surface area contributed by atoms with Crippen molar-refractivity contribution in [2.45, 2.75) is 0 Å². The van der Waals surface area contributed by atoms with Crippen molar-refractivity contribution in [2.75, 3.05) is 12.8 Å². The molecular formula is C8H7FN2O2.